The minimum atomic E-state index is -4.88. The van der Waals surface area contributed by atoms with Crippen LogP contribution in [0.2, 0.25) is 10.0 Å². The van der Waals surface area contributed by atoms with Crippen molar-refractivity contribution in [2.24, 2.45) is 7.05 Å². The van der Waals surface area contributed by atoms with Crippen LogP contribution >= 0.6 is 23.2 Å². The molecule has 2 N–H and O–H groups in total. The summed E-state index contributed by atoms with van der Waals surface area (Å²) in [5.41, 5.74) is -1.91. The number of nitrogens with one attached hydrogen (secondary N) is 1. The first kappa shape index (κ1) is 24.1. The first-order valence-corrected chi connectivity index (χ1v) is 11.2. The average Bonchev–Trinajstić information content (AvgIpc) is 3.44. The highest BCUT2D eigenvalue weighted by Gasteiger charge is 2.37. The van der Waals surface area contributed by atoms with Gasteiger partial charge in [-0.2, -0.15) is 18.3 Å². The number of carbonyl (C=O) groups excluding carboxylic acids is 1. The van der Waals surface area contributed by atoms with Crippen LogP contribution in [0.4, 0.5) is 18.9 Å². The zero-order chi connectivity index (χ0) is 25.9. The van der Waals surface area contributed by atoms with Gasteiger partial charge in [0.05, 0.1) is 32.3 Å². The van der Waals surface area contributed by atoms with Gasteiger partial charge in [-0.1, -0.05) is 23.2 Å². The van der Waals surface area contributed by atoms with Crippen molar-refractivity contribution in [1.29, 1.82) is 0 Å². The molecule has 1 fully saturated rings. The lowest BCUT2D eigenvalue weighted by molar-refractivity contribution is -0.141. The molecule has 0 spiro atoms. The molecule has 0 atom stereocenters. The number of alkyl halides is 3. The van der Waals surface area contributed by atoms with Crippen LogP contribution in [0.3, 0.4) is 0 Å². The summed E-state index contributed by atoms with van der Waals surface area (Å²) in [4.78, 5) is 33.7. The second-order valence-corrected chi connectivity index (χ2v) is 8.96. The Kier molecular flexibility index (Phi) is 5.67. The molecule has 0 saturated heterocycles. The van der Waals surface area contributed by atoms with Crippen LogP contribution in [0.25, 0.3) is 16.9 Å². The van der Waals surface area contributed by atoms with E-state index in [9.17, 15) is 27.9 Å². The Morgan fingerprint density at radius 3 is 2.56 bits per heavy atom. The van der Waals surface area contributed by atoms with Gasteiger partial charge in [0.2, 0.25) is 0 Å². The molecule has 0 aliphatic heterocycles. The Bertz CT molecular complexity index is 1560. The van der Waals surface area contributed by atoms with Crippen molar-refractivity contribution in [1.82, 2.24) is 24.3 Å². The molecule has 36 heavy (non-hydrogen) atoms. The maximum Gasteiger partial charge on any atom is 0.435 e. The van der Waals surface area contributed by atoms with Gasteiger partial charge in [-0.05, 0) is 31.0 Å². The molecule has 0 radical (unpaired) electrons. The largest absolute Gasteiger partial charge is 0.478 e. The van der Waals surface area contributed by atoms with Gasteiger partial charge in [-0.15, -0.1) is 0 Å². The molecular weight excluding hydrogens is 524 g/mol. The number of anilines is 1. The number of rotatable bonds is 5. The number of benzene rings is 1. The number of aromatic carboxylic acids is 1. The number of amides is 1. The van der Waals surface area contributed by atoms with Gasteiger partial charge in [0, 0.05) is 25.2 Å². The molecule has 1 aliphatic carbocycles. The lowest BCUT2D eigenvalue weighted by Gasteiger charge is -2.13. The van der Waals surface area contributed by atoms with E-state index in [4.69, 9.17) is 23.2 Å². The van der Waals surface area contributed by atoms with E-state index in [1.165, 1.54) is 24.4 Å². The molecular formula is C22H15Cl2F3N6O3. The zero-order valence-electron chi connectivity index (χ0n) is 18.3. The Hall–Kier alpha value is -3.64. The van der Waals surface area contributed by atoms with Crippen molar-refractivity contribution < 1.29 is 27.9 Å². The second kappa shape index (κ2) is 8.49. The molecule has 1 amide bonds. The molecule has 3 heterocycles. The number of hydrogen-bond acceptors (Lipinski definition) is 5. The van der Waals surface area contributed by atoms with Gasteiger partial charge < -0.3 is 15.0 Å². The number of halogens is 5. The molecule has 1 aromatic carbocycles. The van der Waals surface area contributed by atoms with Gasteiger partial charge in [-0.25, -0.2) is 19.4 Å². The quantitative estimate of drug-likeness (QED) is 0.356. The molecule has 1 saturated carbocycles. The Morgan fingerprint density at radius 1 is 1.22 bits per heavy atom. The number of aromatic nitrogens is 5. The lowest BCUT2D eigenvalue weighted by atomic mass is 10.1. The molecule has 9 nitrogen and oxygen atoms in total. The number of pyridine rings is 1. The number of hydrogen-bond donors (Lipinski definition) is 2. The van der Waals surface area contributed by atoms with E-state index in [1.807, 2.05) is 0 Å². The monoisotopic (exact) mass is 538 g/mol. The summed E-state index contributed by atoms with van der Waals surface area (Å²) in [6, 6.07) is 4.60. The van der Waals surface area contributed by atoms with Crippen molar-refractivity contribution in [3.63, 3.8) is 0 Å². The molecule has 0 unspecified atom stereocenters. The summed E-state index contributed by atoms with van der Waals surface area (Å²) in [7, 11) is 1.72. The van der Waals surface area contributed by atoms with E-state index >= 15 is 0 Å². The Labute approximate surface area is 210 Å². The van der Waals surface area contributed by atoms with Crippen molar-refractivity contribution in [3.8, 4) is 5.82 Å². The Morgan fingerprint density at radius 2 is 1.94 bits per heavy atom. The highest BCUT2D eigenvalue weighted by atomic mass is 35.5. The van der Waals surface area contributed by atoms with Gasteiger partial charge in [0.25, 0.3) is 5.91 Å². The predicted molar refractivity (Wildman–Crippen MR) is 124 cm³/mol. The fourth-order valence-electron chi connectivity index (χ4n) is 3.89. The molecule has 5 rings (SSSR count). The first-order chi connectivity index (χ1) is 17.0. The fraction of sp³-hybridized carbons (Fsp3) is 0.227. The number of carboxylic acids is 1. The summed E-state index contributed by atoms with van der Waals surface area (Å²) in [5, 5.41) is 15.4. The number of carboxylic acid groups (broad SMARTS) is 1. The predicted octanol–water partition coefficient (Wildman–Crippen LogP) is 5.31. The number of nitrogens with zero attached hydrogens (tertiary/aromatic N) is 5. The van der Waals surface area contributed by atoms with E-state index < -0.39 is 29.4 Å². The van der Waals surface area contributed by atoms with Crippen molar-refractivity contribution >= 4 is 51.8 Å². The molecule has 4 aromatic rings. The van der Waals surface area contributed by atoms with Crippen LogP contribution in [0.15, 0.2) is 30.5 Å². The number of carbonyl (C=O) groups is 2. The van der Waals surface area contributed by atoms with E-state index in [0.717, 1.165) is 18.7 Å². The van der Waals surface area contributed by atoms with E-state index in [-0.39, 0.29) is 33.0 Å². The topological polar surface area (TPSA) is 115 Å². The second-order valence-electron chi connectivity index (χ2n) is 8.18. The first-order valence-electron chi connectivity index (χ1n) is 10.5. The Balaban J connectivity index is 1.64. The van der Waals surface area contributed by atoms with Crippen LogP contribution < -0.4 is 5.32 Å². The summed E-state index contributed by atoms with van der Waals surface area (Å²) >= 11 is 12.6. The highest BCUT2D eigenvalue weighted by molar-refractivity contribution is 6.39. The summed E-state index contributed by atoms with van der Waals surface area (Å²) < 4.78 is 42.7. The minimum Gasteiger partial charge on any atom is -0.478 e. The lowest BCUT2D eigenvalue weighted by Crippen LogP contribution is -2.20. The van der Waals surface area contributed by atoms with E-state index in [2.05, 4.69) is 20.4 Å². The number of imidazole rings is 1. The third-order valence-electron chi connectivity index (χ3n) is 5.72. The minimum absolute atomic E-state index is 0.0588. The van der Waals surface area contributed by atoms with Gasteiger partial charge in [-0.3, -0.25) is 4.79 Å². The van der Waals surface area contributed by atoms with Crippen molar-refractivity contribution in [3.05, 3.63) is 63.3 Å². The van der Waals surface area contributed by atoms with E-state index in [1.54, 1.807) is 11.6 Å². The maximum atomic E-state index is 13.4. The van der Waals surface area contributed by atoms with Crippen molar-refractivity contribution in [2.45, 2.75) is 24.9 Å². The molecule has 0 bridgehead atoms. The summed E-state index contributed by atoms with van der Waals surface area (Å²) in [6.07, 6.45) is -1.74. The van der Waals surface area contributed by atoms with Gasteiger partial charge in [0.15, 0.2) is 11.5 Å². The van der Waals surface area contributed by atoms with Crippen LogP contribution in [0, 0.1) is 0 Å². The molecule has 3 aromatic heterocycles. The van der Waals surface area contributed by atoms with Crippen LogP contribution in [0.5, 0.6) is 0 Å². The van der Waals surface area contributed by atoms with Crippen molar-refractivity contribution in [2.75, 3.05) is 5.32 Å². The van der Waals surface area contributed by atoms with Crippen LogP contribution in [-0.4, -0.2) is 41.3 Å². The third kappa shape index (κ3) is 4.05. The molecule has 1 aliphatic rings. The van der Waals surface area contributed by atoms with Gasteiger partial charge in [0.1, 0.15) is 11.5 Å². The average molecular weight is 539 g/mol. The molecule has 186 valence electrons. The fourth-order valence-corrected chi connectivity index (χ4v) is 4.47. The van der Waals surface area contributed by atoms with E-state index in [0.29, 0.717) is 21.8 Å². The summed E-state index contributed by atoms with van der Waals surface area (Å²) in [5.74, 6) is -1.79. The standard InChI is InChI=1S/C22H15Cl2F3N6O3/c1-32-17-12(29-18(32)9-4-5-9)7-10(21(35)36)16(15(17)24)30-20(34)13-8-14(22(25,26)27)31-33(13)19-11(23)3-2-6-28-19/h2-3,6-9H,4-5H2,1H3,(H,30,34)(H,35,36). The normalized spacial score (nSPS) is 13.8. The summed E-state index contributed by atoms with van der Waals surface area (Å²) in [6.45, 7) is 0. The maximum absolute atomic E-state index is 13.4. The number of fused-ring (bicyclic) bond motifs is 1. The third-order valence-corrected chi connectivity index (χ3v) is 6.38. The zero-order valence-corrected chi connectivity index (χ0v) is 19.8. The van der Waals surface area contributed by atoms with Crippen LogP contribution in [0.1, 0.15) is 51.1 Å². The van der Waals surface area contributed by atoms with Crippen LogP contribution in [-0.2, 0) is 13.2 Å². The van der Waals surface area contributed by atoms with Gasteiger partial charge >= 0.3 is 12.1 Å². The SMILES string of the molecule is Cn1c(C2CC2)nc2cc(C(=O)O)c(NC(=O)c3cc(C(F)(F)F)nn3-c3ncccc3Cl)c(Cl)c21. The highest BCUT2D eigenvalue weighted by Crippen LogP contribution is 2.43. The number of aryl methyl sites for hydroxylation is 1. The smallest absolute Gasteiger partial charge is 0.435 e. The molecule has 14 heteroatoms.